The number of carbonyl (C=O) groups excluding carboxylic acids is 3. The van der Waals surface area contributed by atoms with E-state index < -0.39 is 21.5 Å². The fourth-order valence-electron chi connectivity index (χ4n) is 3.63. The number of sulfone groups is 1. The summed E-state index contributed by atoms with van der Waals surface area (Å²) >= 11 is 0. The molecular formula is C27H26N6O5S. The van der Waals surface area contributed by atoms with Crippen LogP contribution in [0.1, 0.15) is 16.8 Å². The van der Waals surface area contributed by atoms with Crippen LogP contribution in [0, 0.1) is 0 Å². The number of rotatable bonds is 10. The fourth-order valence-corrected chi connectivity index (χ4v) is 4.21. The summed E-state index contributed by atoms with van der Waals surface area (Å²) in [5.41, 5.74) is 3.05. The lowest BCUT2D eigenvalue weighted by Crippen LogP contribution is -2.32. The first-order valence-corrected chi connectivity index (χ1v) is 13.9. The molecule has 0 radical (unpaired) electrons. The van der Waals surface area contributed by atoms with E-state index in [4.69, 9.17) is 0 Å². The molecule has 0 aliphatic carbocycles. The van der Waals surface area contributed by atoms with Crippen molar-refractivity contribution in [1.29, 1.82) is 0 Å². The highest BCUT2D eigenvalue weighted by molar-refractivity contribution is 7.91. The smallest absolute Gasteiger partial charge is 0.255 e. The van der Waals surface area contributed by atoms with Crippen molar-refractivity contribution in [3.05, 3.63) is 84.7 Å². The van der Waals surface area contributed by atoms with Crippen LogP contribution in [-0.2, 0) is 19.4 Å². The van der Waals surface area contributed by atoms with Crippen LogP contribution in [0.4, 0.5) is 22.9 Å². The molecule has 4 N–H and O–H groups in total. The van der Waals surface area contributed by atoms with E-state index in [-0.39, 0.29) is 24.8 Å². The molecular weight excluding hydrogens is 520 g/mol. The first-order chi connectivity index (χ1) is 18.7. The second-order valence-electron chi connectivity index (χ2n) is 8.69. The van der Waals surface area contributed by atoms with E-state index in [1.165, 1.54) is 6.33 Å². The Hall–Kier alpha value is -4.84. The number of benzene rings is 3. The van der Waals surface area contributed by atoms with E-state index in [1.54, 1.807) is 42.5 Å². The highest BCUT2D eigenvalue weighted by Gasteiger charge is 2.12. The first-order valence-electron chi connectivity index (χ1n) is 11.9. The molecule has 4 aromatic rings. The zero-order chi connectivity index (χ0) is 27.8. The quantitative estimate of drug-likeness (QED) is 0.236. The van der Waals surface area contributed by atoms with Gasteiger partial charge in [-0.05, 0) is 54.6 Å². The average Bonchev–Trinajstić information content (AvgIpc) is 2.89. The van der Waals surface area contributed by atoms with Crippen molar-refractivity contribution in [2.75, 3.05) is 34.5 Å². The minimum absolute atomic E-state index is 0.00303. The van der Waals surface area contributed by atoms with Crippen LogP contribution >= 0.6 is 0 Å². The van der Waals surface area contributed by atoms with Gasteiger partial charge in [0.15, 0.2) is 9.84 Å². The lowest BCUT2D eigenvalue weighted by molar-refractivity contribution is -0.119. The summed E-state index contributed by atoms with van der Waals surface area (Å²) in [6, 6.07) is 21.3. The molecule has 0 aliphatic heterocycles. The predicted octanol–water partition coefficient (Wildman–Crippen LogP) is 3.12. The van der Waals surface area contributed by atoms with Crippen LogP contribution in [0.15, 0.2) is 79.1 Å². The highest BCUT2D eigenvalue weighted by Crippen LogP contribution is 2.26. The monoisotopic (exact) mass is 546 g/mol. The minimum Gasteiger partial charge on any atom is -0.355 e. The Bertz CT molecular complexity index is 1610. The number of nitrogens with zero attached hydrogens (tertiary/aromatic N) is 2. The molecule has 1 aromatic heterocycles. The van der Waals surface area contributed by atoms with Gasteiger partial charge < -0.3 is 21.3 Å². The molecule has 0 unspecified atom stereocenters. The van der Waals surface area contributed by atoms with Crippen molar-refractivity contribution in [3.63, 3.8) is 0 Å². The minimum atomic E-state index is -3.44. The Balaban J connectivity index is 1.39. The summed E-state index contributed by atoms with van der Waals surface area (Å²) in [6.45, 7) is 0.00303. The second kappa shape index (κ2) is 12.1. The molecule has 0 saturated heterocycles. The third-order valence-corrected chi connectivity index (χ3v) is 6.21. The number of anilines is 4. The summed E-state index contributed by atoms with van der Waals surface area (Å²) in [5.74, 6) is -1.36. The summed E-state index contributed by atoms with van der Waals surface area (Å²) in [5, 5.41) is 11.9. The number of para-hydroxylation sites is 1. The molecule has 200 valence electrons. The topological polar surface area (TPSA) is 159 Å². The van der Waals surface area contributed by atoms with Gasteiger partial charge in [-0.1, -0.05) is 18.2 Å². The zero-order valence-corrected chi connectivity index (χ0v) is 21.8. The number of fused-ring (bicyclic) bond motifs is 1. The molecule has 0 spiro atoms. The maximum atomic E-state index is 12.5. The maximum absolute atomic E-state index is 12.5. The molecule has 12 heteroatoms. The SMILES string of the molecule is CS(=O)(=O)CC(=O)NCCC(=O)Nc1ccc2ncnc(Nc3ccc(C(=O)Nc4ccccc4)cc3)c2c1. The first kappa shape index (κ1) is 27.2. The van der Waals surface area contributed by atoms with Crippen molar-refractivity contribution >= 4 is 61.3 Å². The van der Waals surface area contributed by atoms with Gasteiger partial charge in [-0.25, -0.2) is 18.4 Å². The largest absolute Gasteiger partial charge is 0.355 e. The molecule has 0 bridgehead atoms. The Kier molecular flexibility index (Phi) is 8.46. The summed E-state index contributed by atoms with van der Waals surface area (Å²) in [6.07, 6.45) is 2.35. The Morgan fingerprint density at radius 3 is 2.23 bits per heavy atom. The Labute approximate surface area is 225 Å². The van der Waals surface area contributed by atoms with Crippen molar-refractivity contribution < 1.29 is 22.8 Å². The molecule has 4 rings (SSSR count). The van der Waals surface area contributed by atoms with Crippen molar-refractivity contribution in [3.8, 4) is 0 Å². The van der Waals surface area contributed by atoms with Gasteiger partial charge in [-0.3, -0.25) is 14.4 Å². The van der Waals surface area contributed by atoms with Gasteiger partial charge in [0.25, 0.3) is 5.91 Å². The van der Waals surface area contributed by atoms with Crippen molar-refractivity contribution in [1.82, 2.24) is 15.3 Å². The molecule has 1 heterocycles. The number of aromatic nitrogens is 2. The van der Waals surface area contributed by atoms with Gasteiger partial charge in [-0.2, -0.15) is 0 Å². The maximum Gasteiger partial charge on any atom is 0.255 e. The summed E-state index contributed by atoms with van der Waals surface area (Å²) in [4.78, 5) is 45.0. The van der Waals surface area contributed by atoms with E-state index in [0.717, 1.165) is 6.26 Å². The van der Waals surface area contributed by atoms with Crippen LogP contribution in [0.3, 0.4) is 0 Å². The molecule has 0 atom stereocenters. The molecule has 0 aliphatic rings. The van der Waals surface area contributed by atoms with Crippen molar-refractivity contribution in [2.45, 2.75) is 6.42 Å². The molecule has 0 fully saturated rings. The van der Waals surface area contributed by atoms with Gasteiger partial charge in [0.1, 0.15) is 17.9 Å². The van der Waals surface area contributed by atoms with E-state index in [1.807, 2.05) is 30.3 Å². The standard InChI is InChI=1S/C27H26N6O5S/c1-39(37,38)16-25(35)28-14-13-24(34)31-21-11-12-23-22(15-21)26(30-17-29-23)32-20-9-7-18(8-10-20)27(36)33-19-5-3-2-4-6-19/h2-12,15,17H,13-14,16H2,1H3,(H,28,35)(H,31,34)(H,33,36)(H,29,30,32). The van der Waals surface area contributed by atoms with Crippen LogP contribution < -0.4 is 21.3 Å². The van der Waals surface area contributed by atoms with Crippen molar-refractivity contribution in [2.24, 2.45) is 0 Å². The number of carbonyl (C=O) groups is 3. The second-order valence-corrected chi connectivity index (χ2v) is 10.8. The van der Waals surface area contributed by atoms with Gasteiger partial charge >= 0.3 is 0 Å². The number of hydrogen-bond donors (Lipinski definition) is 4. The lowest BCUT2D eigenvalue weighted by atomic mass is 10.1. The summed E-state index contributed by atoms with van der Waals surface area (Å²) in [7, 11) is -3.44. The molecule has 3 amide bonds. The van der Waals surface area contributed by atoms with Crippen LogP contribution in [0.25, 0.3) is 10.9 Å². The Morgan fingerprint density at radius 1 is 0.795 bits per heavy atom. The summed E-state index contributed by atoms with van der Waals surface area (Å²) < 4.78 is 22.3. The molecule has 11 nitrogen and oxygen atoms in total. The van der Waals surface area contributed by atoms with Gasteiger partial charge in [0, 0.05) is 47.2 Å². The molecule has 3 aromatic carbocycles. The van der Waals surface area contributed by atoms with E-state index in [0.29, 0.717) is 39.3 Å². The lowest BCUT2D eigenvalue weighted by Gasteiger charge is -2.11. The highest BCUT2D eigenvalue weighted by atomic mass is 32.2. The fraction of sp³-hybridized carbons (Fsp3) is 0.148. The van der Waals surface area contributed by atoms with Crippen LogP contribution in [0.2, 0.25) is 0 Å². The van der Waals surface area contributed by atoms with Gasteiger partial charge in [0.05, 0.1) is 5.52 Å². The van der Waals surface area contributed by atoms with Gasteiger partial charge in [0.2, 0.25) is 11.8 Å². The van der Waals surface area contributed by atoms with Gasteiger partial charge in [-0.15, -0.1) is 0 Å². The van der Waals surface area contributed by atoms with E-state index >= 15 is 0 Å². The number of amides is 3. The third kappa shape index (κ3) is 8.07. The third-order valence-electron chi connectivity index (χ3n) is 5.43. The zero-order valence-electron chi connectivity index (χ0n) is 21.0. The molecule has 0 saturated carbocycles. The van der Waals surface area contributed by atoms with Crippen LogP contribution in [-0.4, -0.2) is 54.7 Å². The van der Waals surface area contributed by atoms with E-state index in [9.17, 15) is 22.8 Å². The number of hydrogen-bond acceptors (Lipinski definition) is 8. The Morgan fingerprint density at radius 2 is 1.51 bits per heavy atom. The predicted molar refractivity (Wildman–Crippen MR) is 150 cm³/mol. The number of nitrogens with one attached hydrogen (secondary N) is 4. The molecule has 39 heavy (non-hydrogen) atoms. The average molecular weight is 547 g/mol. The normalized spacial score (nSPS) is 11.0. The van der Waals surface area contributed by atoms with E-state index in [2.05, 4.69) is 31.2 Å². The van der Waals surface area contributed by atoms with Crippen LogP contribution in [0.5, 0.6) is 0 Å².